The largest absolute Gasteiger partial charge is 0.493 e. The van der Waals surface area contributed by atoms with Crippen LogP contribution in [0.15, 0.2) is 18.2 Å². The summed E-state index contributed by atoms with van der Waals surface area (Å²) >= 11 is 0. The van der Waals surface area contributed by atoms with E-state index in [1.165, 1.54) is 18.4 Å². The van der Waals surface area contributed by atoms with Crippen molar-refractivity contribution in [3.63, 3.8) is 0 Å². The summed E-state index contributed by atoms with van der Waals surface area (Å²) in [6.07, 6.45) is 5.18. The second-order valence-electron chi connectivity index (χ2n) is 5.52. The molecule has 0 radical (unpaired) electrons. The summed E-state index contributed by atoms with van der Waals surface area (Å²) in [6.45, 7) is 3.17. The third-order valence-electron chi connectivity index (χ3n) is 3.87. The van der Waals surface area contributed by atoms with Crippen LogP contribution >= 0.6 is 0 Å². The van der Waals surface area contributed by atoms with Gasteiger partial charge in [0.15, 0.2) is 11.5 Å². The Morgan fingerprint density at radius 3 is 2.53 bits per heavy atom. The van der Waals surface area contributed by atoms with Gasteiger partial charge in [0.25, 0.3) is 0 Å². The molecule has 0 spiro atoms. The van der Waals surface area contributed by atoms with E-state index in [2.05, 4.69) is 24.4 Å². The third-order valence-corrected chi connectivity index (χ3v) is 3.87. The molecule has 0 heterocycles. The highest BCUT2D eigenvalue weighted by Gasteiger charge is 2.20. The Morgan fingerprint density at radius 2 is 1.89 bits per heavy atom. The fourth-order valence-corrected chi connectivity index (χ4v) is 2.65. The molecule has 2 rings (SSSR count). The smallest absolute Gasteiger partial charge is 0.161 e. The fourth-order valence-electron chi connectivity index (χ4n) is 2.65. The molecule has 1 fully saturated rings. The van der Waals surface area contributed by atoms with Gasteiger partial charge >= 0.3 is 0 Å². The van der Waals surface area contributed by atoms with E-state index in [4.69, 9.17) is 9.47 Å². The van der Waals surface area contributed by atoms with Gasteiger partial charge < -0.3 is 14.8 Å². The van der Waals surface area contributed by atoms with E-state index in [0.717, 1.165) is 36.8 Å². The van der Waals surface area contributed by atoms with E-state index in [-0.39, 0.29) is 0 Å². The molecule has 0 atom stereocenters. The van der Waals surface area contributed by atoms with Crippen molar-refractivity contribution in [3.05, 3.63) is 23.8 Å². The monoisotopic (exact) mass is 263 g/mol. The van der Waals surface area contributed by atoms with Crippen molar-refractivity contribution in [1.29, 1.82) is 0 Å². The minimum Gasteiger partial charge on any atom is -0.493 e. The number of nitrogens with one attached hydrogen (secondary N) is 1. The predicted molar refractivity (Wildman–Crippen MR) is 77.8 cm³/mol. The van der Waals surface area contributed by atoms with Crippen LogP contribution in [0.25, 0.3) is 0 Å². The summed E-state index contributed by atoms with van der Waals surface area (Å²) < 4.78 is 11.6. The van der Waals surface area contributed by atoms with Gasteiger partial charge in [-0.15, -0.1) is 0 Å². The molecule has 1 saturated carbocycles. The van der Waals surface area contributed by atoms with Gasteiger partial charge in [0.1, 0.15) is 0 Å². The number of ether oxygens (including phenoxy) is 2. The van der Waals surface area contributed by atoms with Crippen LogP contribution in [0, 0.1) is 5.92 Å². The summed E-state index contributed by atoms with van der Waals surface area (Å²) in [5.41, 5.74) is 1.22. The second kappa shape index (κ2) is 6.80. The first-order valence-corrected chi connectivity index (χ1v) is 7.21. The Hall–Kier alpha value is -1.22. The average molecular weight is 263 g/mol. The van der Waals surface area contributed by atoms with Gasteiger partial charge in [0.05, 0.1) is 13.2 Å². The zero-order valence-electron chi connectivity index (χ0n) is 12.2. The molecular weight excluding hydrogens is 238 g/mol. The summed E-state index contributed by atoms with van der Waals surface area (Å²) in [4.78, 5) is 0. The highest BCUT2D eigenvalue weighted by Crippen LogP contribution is 2.33. The molecule has 0 bridgehead atoms. The lowest BCUT2D eigenvalue weighted by molar-refractivity contribution is 0.131. The summed E-state index contributed by atoms with van der Waals surface area (Å²) in [5.74, 6) is 2.56. The Balaban J connectivity index is 2.06. The Morgan fingerprint density at radius 1 is 1.16 bits per heavy atom. The number of benzene rings is 1. The van der Waals surface area contributed by atoms with Crippen LogP contribution in [0.5, 0.6) is 11.5 Å². The van der Waals surface area contributed by atoms with Crippen molar-refractivity contribution in [1.82, 2.24) is 5.32 Å². The maximum absolute atomic E-state index is 6.16. The van der Waals surface area contributed by atoms with Gasteiger partial charge in [-0.05, 0) is 56.3 Å². The topological polar surface area (TPSA) is 30.5 Å². The lowest BCUT2D eigenvalue weighted by Gasteiger charge is -2.27. The number of hydrogen-bond acceptors (Lipinski definition) is 3. The summed E-state index contributed by atoms with van der Waals surface area (Å²) in [5, 5.41) is 3.16. The van der Waals surface area contributed by atoms with Crippen molar-refractivity contribution >= 4 is 0 Å². The Bertz CT molecular complexity index is 398. The highest BCUT2D eigenvalue weighted by atomic mass is 16.5. The molecule has 1 aliphatic rings. The second-order valence-corrected chi connectivity index (χ2v) is 5.52. The SMILES string of the molecule is CNCc1ccc(OC)c(OC2CCC(C)CC2)c1. The van der Waals surface area contributed by atoms with Crippen LogP contribution in [0.4, 0.5) is 0 Å². The van der Waals surface area contributed by atoms with Gasteiger partial charge in [0.2, 0.25) is 0 Å². The zero-order valence-corrected chi connectivity index (χ0v) is 12.2. The van der Waals surface area contributed by atoms with Crippen molar-refractivity contribution in [2.45, 2.75) is 45.3 Å². The standard InChI is InChI=1S/C16H25NO2/c1-12-4-7-14(8-5-12)19-16-10-13(11-17-2)6-9-15(16)18-3/h6,9-10,12,14,17H,4-5,7-8,11H2,1-3H3. The fraction of sp³-hybridized carbons (Fsp3) is 0.625. The Labute approximate surface area is 116 Å². The average Bonchev–Trinajstić information content (AvgIpc) is 2.42. The normalized spacial score (nSPS) is 23.1. The molecule has 1 N–H and O–H groups in total. The molecule has 19 heavy (non-hydrogen) atoms. The maximum atomic E-state index is 6.16. The van der Waals surface area contributed by atoms with Gasteiger partial charge in [-0.2, -0.15) is 0 Å². The maximum Gasteiger partial charge on any atom is 0.161 e. The van der Waals surface area contributed by atoms with E-state index in [9.17, 15) is 0 Å². The number of hydrogen-bond donors (Lipinski definition) is 1. The van der Waals surface area contributed by atoms with Crippen LogP contribution in [0.1, 0.15) is 38.2 Å². The third kappa shape index (κ3) is 3.87. The quantitative estimate of drug-likeness (QED) is 0.883. The van der Waals surface area contributed by atoms with Crippen molar-refractivity contribution < 1.29 is 9.47 Å². The molecular formula is C16H25NO2. The molecule has 1 aliphatic carbocycles. The van der Waals surface area contributed by atoms with E-state index in [0.29, 0.717) is 6.10 Å². The number of rotatable bonds is 5. The van der Waals surface area contributed by atoms with Crippen LogP contribution in [-0.4, -0.2) is 20.3 Å². The lowest BCUT2D eigenvalue weighted by Crippen LogP contribution is -2.23. The molecule has 3 heteroatoms. The van der Waals surface area contributed by atoms with Crippen molar-refractivity contribution in [2.75, 3.05) is 14.2 Å². The van der Waals surface area contributed by atoms with E-state index in [1.54, 1.807) is 7.11 Å². The molecule has 106 valence electrons. The highest BCUT2D eigenvalue weighted by molar-refractivity contribution is 5.43. The number of methoxy groups -OCH3 is 1. The van der Waals surface area contributed by atoms with E-state index in [1.807, 2.05) is 13.1 Å². The lowest BCUT2D eigenvalue weighted by atomic mass is 9.89. The molecule has 0 saturated heterocycles. The van der Waals surface area contributed by atoms with E-state index < -0.39 is 0 Å². The van der Waals surface area contributed by atoms with E-state index >= 15 is 0 Å². The molecule has 3 nitrogen and oxygen atoms in total. The Kier molecular flexibility index (Phi) is 5.08. The van der Waals surface area contributed by atoms with Crippen LogP contribution in [0.3, 0.4) is 0 Å². The van der Waals surface area contributed by atoms with Crippen LogP contribution < -0.4 is 14.8 Å². The summed E-state index contributed by atoms with van der Waals surface area (Å²) in [7, 11) is 3.65. The van der Waals surface area contributed by atoms with Crippen LogP contribution in [-0.2, 0) is 6.54 Å². The molecule has 1 aromatic rings. The van der Waals surface area contributed by atoms with Gasteiger partial charge in [-0.1, -0.05) is 13.0 Å². The molecule has 0 aliphatic heterocycles. The molecule has 0 unspecified atom stereocenters. The summed E-state index contributed by atoms with van der Waals surface area (Å²) in [6, 6.07) is 6.16. The first-order valence-electron chi connectivity index (χ1n) is 7.21. The van der Waals surface area contributed by atoms with Crippen molar-refractivity contribution in [3.8, 4) is 11.5 Å². The zero-order chi connectivity index (χ0) is 13.7. The van der Waals surface area contributed by atoms with Gasteiger partial charge in [-0.3, -0.25) is 0 Å². The van der Waals surface area contributed by atoms with Crippen molar-refractivity contribution in [2.24, 2.45) is 5.92 Å². The van der Waals surface area contributed by atoms with Gasteiger partial charge in [0, 0.05) is 6.54 Å². The predicted octanol–water partition coefficient (Wildman–Crippen LogP) is 3.37. The minimum absolute atomic E-state index is 0.343. The minimum atomic E-state index is 0.343. The first kappa shape index (κ1) is 14.2. The molecule has 1 aromatic carbocycles. The molecule has 0 aromatic heterocycles. The first-order chi connectivity index (χ1) is 9.22. The molecule has 0 amide bonds. The van der Waals surface area contributed by atoms with Gasteiger partial charge in [-0.25, -0.2) is 0 Å². The van der Waals surface area contributed by atoms with Crippen LogP contribution in [0.2, 0.25) is 0 Å².